The van der Waals surface area contributed by atoms with Crippen molar-refractivity contribution in [3.63, 3.8) is 0 Å². The molecule has 0 aliphatic rings. The SMILES string of the molecule is CCCCCCCCN(C(=O)C(NC(=O)OC(C)(C)C)C(C)CC)C(C(=O)Nc1ccccc1C)c1ccccc1C. The summed E-state index contributed by atoms with van der Waals surface area (Å²) in [7, 11) is 0. The number of alkyl carbamates (subject to hydrolysis) is 1. The molecule has 232 valence electrons. The molecule has 3 unspecified atom stereocenters. The van der Waals surface area contributed by atoms with E-state index in [1.165, 1.54) is 6.42 Å². The molecule has 0 saturated heterocycles. The van der Waals surface area contributed by atoms with Gasteiger partial charge in [0.15, 0.2) is 0 Å². The summed E-state index contributed by atoms with van der Waals surface area (Å²) in [5.41, 5.74) is 2.62. The number of carbonyl (C=O) groups is 3. The largest absolute Gasteiger partial charge is 0.444 e. The molecule has 2 aromatic rings. The van der Waals surface area contributed by atoms with E-state index in [9.17, 15) is 14.4 Å². The van der Waals surface area contributed by atoms with E-state index in [-0.39, 0.29) is 17.7 Å². The Kier molecular flexibility index (Phi) is 14.1. The van der Waals surface area contributed by atoms with Gasteiger partial charge in [0.1, 0.15) is 17.7 Å². The van der Waals surface area contributed by atoms with Crippen LogP contribution in [0.5, 0.6) is 0 Å². The molecular formula is C35H53N3O4. The van der Waals surface area contributed by atoms with Crippen molar-refractivity contribution in [2.24, 2.45) is 5.92 Å². The van der Waals surface area contributed by atoms with Crippen LogP contribution >= 0.6 is 0 Å². The summed E-state index contributed by atoms with van der Waals surface area (Å²) >= 11 is 0. The van der Waals surface area contributed by atoms with Crippen LogP contribution in [0, 0.1) is 19.8 Å². The number of carbonyl (C=O) groups excluding carboxylic acids is 3. The summed E-state index contributed by atoms with van der Waals surface area (Å²) in [5, 5.41) is 5.96. The quantitative estimate of drug-likeness (QED) is 0.209. The van der Waals surface area contributed by atoms with Crippen LogP contribution in [0.4, 0.5) is 10.5 Å². The minimum Gasteiger partial charge on any atom is -0.444 e. The number of benzene rings is 2. The first-order chi connectivity index (χ1) is 19.9. The number of hydrogen-bond acceptors (Lipinski definition) is 4. The average Bonchev–Trinajstić information content (AvgIpc) is 2.93. The molecular weight excluding hydrogens is 526 g/mol. The smallest absolute Gasteiger partial charge is 0.408 e. The van der Waals surface area contributed by atoms with Crippen LogP contribution in [0.25, 0.3) is 0 Å². The van der Waals surface area contributed by atoms with Gasteiger partial charge < -0.3 is 20.3 Å². The molecule has 0 radical (unpaired) electrons. The average molecular weight is 580 g/mol. The summed E-state index contributed by atoms with van der Waals surface area (Å²) in [6.07, 6.45) is 6.31. The number of ether oxygens (including phenoxy) is 1. The first-order valence-corrected chi connectivity index (χ1v) is 15.6. The van der Waals surface area contributed by atoms with Crippen LogP contribution in [0.1, 0.15) is 109 Å². The zero-order valence-corrected chi connectivity index (χ0v) is 27.1. The van der Waals surface area contributed by atoms with E-state index in [1.807, 2.05) is 76.2 Å². The van der Waals surface area contributed by atoms with E-state index in [0.717, 1.165) is 48.8 Å². The molecule has 7 heteroatoms. The number of unbranched alkanes of at least 4 members (excludes halogenated alkanes) is 5. The molecule has 0 fully saturated rings. The van der Waals surface area contributed by atoms with Crippen molar-refractivity contribution in [2.75, 3.05) is 11.9 Å². The summed E-state index contributed by atoms with van der Waals surface area (Å²) < 4.78 is 5.53. The Balaban J connectivity index is 2.55. The molecule has 2 N–H and O–H groups in total. The maximum Gasteiger partial charge on any atom is 0.408 e. The molecule has 0 aromatic heterocycles. The van der Waals surface area contributed by atoms with Gasteiger partial charge >= 0.3 is 6.09 Å². The molecule has 0 saturated carbocycles. The molecule has 0 bridgehead atoms. The van der Waals surface area contributed by atoms with E-state index in [2.05, 4.69) is 17.6 Å². The maximum absolute atomic E-state index is 14.5. The molecule has 7 nitrogen and oxygen atoms in total. The van der Waals surface area contributed by atoms with Crippen molar-refractivity contribution < 1.29 is 19.1 Å². The third kappa shape index (κ3) is 10.8. The lowest BCUT2D eigenvalue weighted by Gasteiger charge is -2.36. The number of amides is 3. The van der Waals surface area contributed by atoms with E-state index in [1.54, 1.807) is 25.7 Å². The normalized spacial score (nSPS) is 13.5. The van der Waals surface area contributed by atoms with Gasteiger partial charge in [-0.3, -0.25) is 9.59 Å². The van der Waals surface area contributed by atoms with Gasteiger partial charge in [-0.25, -0.2) is 4.79 Å². The van der Waals surface area contributed by atoms with Crippen molar-refractivity contribution in [1.29, 1.82) is 0 Å². The van der Waals surface area contributed by atoms with Gasteiger partial charge in [-0.1, -0.05) is 102 Å². The van der Waals surface area contributed by atoms with Crippen molar-refractivity contribution in [1.82, 2.24) is 10.2 Å². The van der Waals surface area contributed by atoms with E-state index < -0.39 is 23.8 Å². The molecule has 0 heterocycles. The lowest BCUT2D eigenvalue weighted by molar-refractivity contribution is -0.142. The molecule has 0 aliphatic heterocycles. The number of rotatable bonds is 15. The topological polar surface area (TPSA) is 87.7 Å². The zero-order chi connectivity index (χ0) is 31.3. The lowest BCUT2D eigenvalue weighted by Crippen LogP contribution is -2.55. The van der Waals surface area contributed by atoms with Crippen molar-refractivity contribution in [3.8, 4) is 0 Å². The monoisotopic (exact) mass is 579 g/mol. The zero-order valence-electron chi connectivity index (χ0n) is 27.1. The fraction of sp³-hybridized carbons (Fsp3) is 0.571. The third-order valence-electron chi connectivity index (χ3n) is 7.63. The summed E-state index contributed by atoms with van der Waals surface area (Å²) in [4.78, 5) is 43.3. The number of aryl methyl sites for hydroxylation is 2. The highest BCUT2D eigenvalue weighted by Gasteiger charge is 2.38. The Labute approximate surface area is 253 Å². The molecule has 0 aliphatic carbocycles. The predicted molar refractivity (Wildman–Crippen MR) is 171 cm³/mol. The number of para-hydroxylation sites is 1. The van der Waals surface area contributed by atoms with E-state index in [0.29, 0.717) is 18.7 Å². The van der Waals surface area contributed by atoms with Gasteiger partial charge in [0, 0.05) is 12.2 Å². The minimum atomic E-state index is -0.874. The molecule has 42 heavy (non-hydrogen) atoms. The Morgan fingerprint density at radius 2 is 1.45 bits per heavy atom. The van der Waals surface area contributed by atoms with E-state index in [4.69, 9.17) is 4.74 Å². The van der Waals surface area contributed by atoms with Gasteiger partial charge in [0.2, 0.25) is 5.91 Å². The Hall–Kier alpha value is -3.35. The number of nitrogens with zero attached hydrogens (tertiary/aromatic N) is 1. The second-order valence-corrected chi connectivity index (χ2v) is 12.4. The Bertz CT molecular complexity index is 1160. The highest BCUT2D eigenvalue weighted by molar-refractivity contribution is 5.99. The molecule has 3 atom stereocenters. The predicted octanol–water partition coefficient (Wildman–Crippen LogP) is 8.11. The third-order valence-corrected chi connectivity index (χ3v) is 7.63. The number of anilines is 1. The fourth-order valence-corrected chi connectivity index (χ4v) is 4.98. The van der Waals surface area contributed by atoms with Crippen LogP contribution in [0.3, 0.4) is 0 Å². The standard InChI is InChI=1S/C35H53N3O4/c1-9-11-12-13-14-19-24-38(33(40)30(25(3)10-2)37-34(41)42-35(6,7)8)31(28-22-17-15-20-26(28)4)32(39)36-29-23-18-16-21-27(29)5/h15-18,20-23,25,30-31H,9-14,19,24H2,1-8H3,(H,36,39)(H,37,41). The van der Waals surface area contributed by atoms with Crippen LogP contribution < -0.4 is 10.6 Å². The van der Waals surface area contributed by atoms with Crippen LogP contribution in [0.15, 0.2) is 48.5 Å². The number of hydrogen-bond donors (Lipinski definition) is 2. The molecule has 2 rings (SSSR count). The van der Waals surface area contributed by atoms with Gasteiger partial charge in [0.05, 0.1) is 0 Å². The van der Waals surface area contributed by atoms with Gasteiger partial charge in [-0.15, -0.1) is 0 Å². The lowest BCUT2D eigenvalue weighted by atomic mass is 9.94. The fourth-order valence-electron chi connectivity index (χ4n) is 4.98. The van der Waals surface area contributed by atoms with Gasteiger partial charge in [-0.05, 0) is 69.7 Å². The molecule has 2 aromatic carbocycles. The van der Waals surface area contributed by atoms with Crippen molar-refractivity contribution in [3.05, 3.63) is 65.2 Å². The van der Waals surface area contributed by atoms with Gasteiger partial charge in [-0.2, -0.15) is 0 Å². The molecule has 0 spiro atoms. The molecule has 3 amide bonds. The highest BCUT2D eigenvalue weighted by Crippen LogP contribution is 2.29. The van der Waals surface area contributed by atoms with Crippen LogP contribution in [-0.4, -0.2) is 41.0 Å². The summed E-state index contributed by atoms with van der Waals surface area (Å²) in [5.74, 6) is -0.732. The first kappa shape index (κ1) is 34.8. The Morgan fingerprint density at radius 3 is 2.05 bits per heavy atom. The minimum absolute atomic E-state index is 0.172. The maximum atomic E-state index is 14.5. The van der Waals surface area contributed by atoms with Gasteiger partial charge in [0.25, 0.3) is 5.91 Å². The highest BCUT2D eigenvalue weighted by atomic mass is 16.6. The number of nitrogens with one attached hydrogen (secondary N) is 2. The second-order valence-electron chi connectivity index (χ2n) is 12.4. The van der Waals surface area contributed by atoms with E-state index >= 15 is 0 Å². The summed E-state index contributed by atoms with van der Waals surface area (Å²) in [6, 6.07) is 13.6. The first-order valence-electron chi connectivity index (χ1n) is 15.6. The Morgan fingerprint density at radius 1 is 0.857 bits per heavy atom. The van der Waals surface area contributed by atoms with Crippen LogP contribution in [-0.2, 0) is 14.3 Å². The van der Waals surface area contributed by atoms with Crippen molar-refractivity contribution in [2.45, 2.75) is 118 Å². The summed E-state index contributed by atoms with van der Waals surface area (Å²) in [6.45, 7) is 15.8. The second kappa shape index (κ2) is 16.9. The van der Waals surface area contributed by atoms with Crippen LogP contribution in [0.2, 0.25) is 0 Å². The van der Waals surface area contributed by atoms with Crippen molar-refractivity contribution >= 4 is 23.6 Å².